The van der Waals surface area contributed by atoms with E-state index >= 15 is 0 Å². The van der Waals surface area contributed by atoms with Crippen LogP contribution in [0.2, 0.25) is 0 Å². The number of likely N-dealkylation sites (tertiary alicyclic amines) is 1. The average molecular weight is 206 g/mol. The lowest BCUT2D eigenvalue weighted by Crippen LogP contribution is -2.40. The Morgan fingerprint density at radius 1 is 1.33 bits per heavy atom. The minimum Gasteiger partial charge on any atom is -0.385 e. The summed E-state index contributed by atoms with van der Waals surface area (Å²) in [6.45, 7) is 3.91. The van der Waals surface area contributed by atoms with Crippen molar-refractivity contribution < 1.29 is 5.11 Å². The van der Waals surface area contributed by atoms with E-state index < -0.39 is 5.60 Å². The van der Waals surface area contributed by atoms with Gasteiger partial charge in [-0.15, -0.1) is 0 Å². The van der Waals surface area contributed by atoms with Crippen LogP contribution in [-0.4, -0.2) is 35.1 Å². The molecule has 0 radical (unpaired) electrons. The third-order valence-corrected chi connectivity index (χ3v) is 3.23. The molecule has 3 heteroatoms. The van der Waals surface area contributed by atoms with Crippen molar-refractivity contribution >= 4 is 0 Å². The lowest BCUT2D eigenvalue weighted by molar-refractivity contribution is -0.0206. The topological polar surface area (TPSA) is 36.4 Å². The van der Waals surface area contributed by atoms with Crippen LogP contribution in [0.1, 0.15) is 24.0 Å². The SMILES string of the molecule is Cc1cncc(C2(O)CCN(C)CC2)c1. The summed E-state index contributed by atoms with van der Waals surface area (Å²) in [7, 11) is 2.09. The van der Waals surface area contributed by atoms with Gasteiger partial charge in [0.25, 0.3) is 0 Å². The second-order valence-corrected chi connectivity index (χ2v) is 4.59. The molecule has 1 aliphatic rings. The van der Waals surface area contributed by atoms with Crippen LogP contribution in [0, 0.1) is 6.92 Å². The molecule has 82 valence electrons. The van der Waals surface area contributed by atoms with Crippen LogP contribution in [0.5, 0.6) is 0 Å². The van der Waals surface area contributed by atoms with E-state index in [1.165, 1.54) is 0 Å². The lowest BCUT2D eigenvalue weighted by atomic mass is 9.85. The first-order valence-corrected chi connectivity index (χ1v) is 5.43. The van der Waals surface area contributed by atoms with Crippen LogP contribution in [-0.2, 0) is 5.60 Å². The summed E-state index contributed by atoms with van der Waals surface area (Å²) in [4.78, 5) is 6.40. The monoisotopic (exact) mass is 206 g/mol. The van der Waals surface area contributed by atoms with E-state index in [1.807, 2.05) is 19.2 Å². The molecule has 1 aliphatic heterocycles. The molecule has 0 aromatic carbocycles. The number of piperidine rings is 1. The third kappa shape index (κ3) is 2.19. The molecule has 0 atom stereocenters. The van der Waals surface area contributed by atoms with Gasteiger partial charge < -0.3 is 10.0 Å². The summed E-state index contributed by atoms with van der Waals surface area (Å²) in [5.41, 5.74) is 1.42. The summed E-state index contributed by atoms with van der Waals surface area (Å²) in [6.07, 6.45) is 5.21. The van der Waals surface area contributed by atoms with Crippen molar-refractivity contribution in [1.82, 2.24) is 9.88 Å². The van der Waals surface area contributed by atoms with Crippen LogP contribution in [0.25, 0.3) is 0 Å². The molecular formula is C12H18N2O. The van der Waals surface area contributed by atoms with Crippen molar-refractivity contribution in [1.29, 1.82) is 0 Å². The van der Waals surface area contributed by atoms with Gasteiger partial charge in [-0.05, 0) is 32.4 Å². The maximum Gasteiger partial charge on any atom is 0.0935 e. The Hall–Kier alpha value is -0.930. The molecule has 0 spiro atoms. The van der Waals surface area contributed by atoms with Crippen molar-refractivity contribution in [2.75, 3.05) is 20.1 Å². The third-order valence-electron chi connectivity index (χ3n) is 3.23. The van der Waals surface area contributed by atoms with Gasteiger partial charge in [-0.25, -0.2) is 0 Å². The highest BCUT2D eigenvalue weighted by molar-refractivity contribution is 5.23. The Balaban J connectivity index is 2.22. The summed E-state index contributed by atoms with van der Waals surface area (Å²) in [6, 6.07) is 2.04. The van der Waals surface area contributed by atoms with E-state index in [1.54, 1.807) is 6.20 Å². The fourth-order valence-corrected chi connectivity index (χ4v) is 2.09. The molecule has 1 aromatic rings. The maximum absolute atomic E-state index is 10.5. The lowest BCUT2D eigenvalue weighted by Gasteiger charge is -2.36. The molecule has 3 nitrogen and oxygen atoms in total. The van der Waals surface area contributed by atoms with Gasteiger partial charge in [-0.3, -0.25) is 4.98 Å². The molecule has 1 N–H and O–H groups in total. The zero-order valence-corrected chi connectivity index (χ0v) is 9.40. The van der Waals surface area contributed by atoms with Crippen molar-refractivity contribution in [2.24, 2.45) is 0 Å². The van der Waals surface area contributed by atoms with Gasteiger partial charge in [0, 0.05) is 31.0 Å². The van der Waals surface area contributed by atoms with Gasteiger partial charge in [-0.1, -0.05) is 6.07 Å². The van der Waals surface area contributed by atoms with E-state index in [0.29, 0.717) is 0 Å². The number of rotatable bonds is 1. The first-order valence-electron chi connectivity index (χ1n) is 5.43. The van der Waals surface area contributed by atoms with Crippen LogP contribution in [0.3, 0.4) is 0 Å². The Morgan fingerprint density at radius 2 is 2.00 bits per heavy atom. The first-order chi connectivity index (χ1) is 7.10. The van der Waals surface area contributed by atoms with Crippen LogP contribution in [0.4, 0.5) is 0 Å². The first kappa shape index (κ1) is 10.6. The van der Waals surface area contributed by atoms with E-state index in [-0.39, 0.29) is 0 Å². The number of hydrogen-bond donors (Lipinski definition) is 1. The fraction of sp³-hybridized carbons (Fsp3) is 0.583. The number of hydrogen-bond acceptors (Lipinski definition) is 3. The Kier molecular flexibility index (Phi) is 2.76. The smallest absolute Gasteiger partial charge is 0.0935 e. The number of aromatic nitrogens is 1. The molecule has 0 bridgehead atoms. The number of aliphatic hydroxyl groups is 1. The molecule has 1 fully saturated rings. The quantitative estimate of drug-likeness (QED) is 0.752. The van der Waals surface area contributed by atoms with Gasteiger partial charge in [0.05, 0.1) is 5.60 Å². The van der Waals surface area contributed by atoms with Crippen LogP contribution in [0.15, 0.2) is 18.5 Å². The van der Waals surface area contributed by atoms with E-state index in [9.17, 15) is 5.11 Å². The molecule has 2 heterocycles. The minimum absolute atomic E-state index is 0.661. The Bertz CT molecular complexity index is 343. The molecule has 2 rings (SSSR count). The standard InChI is InChI=1S/C12H18N2O/c1-10-7-11(9-13-8-10)12(15)3-5-14(2)6-4-12/h7-9,15H,3-6H2,1-2H3. The predicted octanol–water partition coefficient (Wildman–Crippen LogP) is 1.30. The van der Waals surface area contributed by atoms with Gasteiger partial charge in [0.1, 0.15) is 0 Å². The Morgan fingerprint density at radius 3 is 2.60 bits per heavy atom. The Labute approximate surface area is 90.8 Å². The summed E-state index contributed by atoms with van der Waals surface area (Å²) in [5, 5.41) is 10.5. The predicted molar refractivity (Wildman–Crippen MR) is 59.6 cm³/mol. The number of aryl methyl sites for hydroxylation is 1. The van der Waals surface area contributed by atoms with Crippen LogP contribution < -0.4 is 0 Å². The van der Waals surface area contributed by atoms with Crippen molar-refractivity contribution in [3.63, 3.8) is 0 Å². The van der Waals surface area contributed by atoms with Gasteiger partial charge in [0.2, 0.25) is 0 Å². The van der Waals surface area contributed by atoms with E-state index in [4.69, 9.17) is 0 Å². The molecule has 15 heavy (non-hydrogen) atoms. The second-order valence-electron chi connectivity index (χ2n) is 4.59. The molecule has 0 aliphatic carbocycles. The van der Waals surface area contributed by atoms with Gasteiger partial charge >= 0.3 is 0 Å². The van der Waals surface area contributed by atoms with E-state index in [2.05, 4.69) is 16.9 Å². The normalized spacial score (nSPS) is 21.5. The highest BCUT2D eigenvalue weighted by atomic mass is 16.3. The summed E-state index contributed by atoms with van der Waals surface area (Å²) in [5.74, 6) is 0. The average Bonchev–Trinajstić information content (AvgIpc) is 2.23. The molecule has 1 saturated heterocycles. The summed E-state index contributed by atoms with van der Waals surface area (Å²) >= 11 is 0. The number of nitrogens with zero attached hydrogens (tertiary/aromatic N) is 2. The van der Waals surface area contributed by atoms with Crippen molar-refractivity contribution in [2.45, 2.75) is 25.4 Å². The zero-order valence-electron chi connectivity index (χ0n) is 9.40. The summed E-state index contributed by atoms with van der Waals surface area (Å²) < 4.78 is 0. The van der Waals surface area contributed by atoms with Gasteiger partial charge in [0.15, 0.2) is 0 Å². The van der Waals surface area contributed by atoms with Gasteiger partial charge in [-0.2, -0.15) is 0 Å². The molecular weight excluding hydrogens is 188 g/mol. The molecule has 0 saturated carbocycles. The van der Waals surface area contributed by atoms with E-state index in [0.717, 1.165) is 37.1 Å². The molecule has 1 aromatic heterocycles. The molecule has 0 unspecified atom stereocenters. The minimum atomic E-state index is -0.661. The number of pyridine rings is 1. The van der Waals surface area contributed by atoms with Crippen LogP contribution >= 0.6 is 0 Å². The largest absolute Gasteiger partial charge is 0.385 e. The van der Waals surface area contributed by atoms with Crippen molar-refractivity contribution in [3.05, 3.63) is 29.6 Å². The molecule has 0 amide bonds. The maximum atomic E-state index is 10.5. The second kappa shape index (κ2) is 3.91. The zero-order chi connectivity index (χ0) is 10.9. The van der Waals surface area contributed by atoms with Crippen molar-refractivity contribution in [3.8, 4) is 0 Å². The highest BCUT2D eigenvalue weighted by Crippen LogP contribution is 2.32. The fourth-order valence-electron chi connectivity index (χ4n) is 2.09. The highest BCUT2D eigenvalue weighted by Gasteiger charge is 2.33.